The molecule has 0 saturated heterocycles. The van der Waals surface area contributed by atoms with Crippen LogP contribution in [0.3, 0.4) is 0 Å². The van der Waals surface area contributed by atoms with Gasteiger partial charge in [0, 0.05) is 13.2 Å². The van der Waals surface area contributed by atoms with Crippen LogP contribution in [0.2, 0.25) is 0 Å². The van der Waals surface area contributed by atoms with Crippen LogP contribution >= 0.6 is 0 Å². The number of carbonyl (C=O) groups excluding carboxylic acids is 2. The lowest BCUT2D eigenvalue weighted by Gasteiger charge is -2.28. The van der Waals surface area contributed by atoms with E-state index in [1.807, 2.05) is 20.8 Å². The van der Waals surface area contributed by atoms with E-state index in [-0.39, 0.29) is 23.2 Å². The molecule has 19 heavy (non-hydrogen) atoms. The van der Waals surface area contributed by atoms with Crippen molar-refractivity contribution in [2.24, 2.45) is 17.1 Å². The molecule has 2 atom stereocenters. The molecule has 5 nitrogen and oxygen atoms in total. The number of hydrogen-bond acceptors (Lipinski definition) is 4. The summed E-state index contributed by atoms with van der Waals surface area (Å²) < 4.78 is 4.88. The summed E-state index contributed by atoms with van der Waals surface area (Å²) in [5.41, 5.74) is 5.59. The molecule has 2 N–H and O–H groups in total. The summed E-state index contributed by atoms with van der Waals surface area (Å²) in [7, 11) is 1.63. The van der Waals surface area contributed by atoms with E-state index in [4.69, 9.17) is 10.5 Å². The average Bonchev–Trinajstić information content (AvgIpc) is 2.32. The molecule has 0 aromatic rings. The molecule has 0 aromatic heterocycles. The Labute approximate surface area is 115 Å². The van der Waals surface area contributed by atoms with Crippen LogP contribution in [0.4, 0.5) is 0 Å². The Morgan fingerprint density at radius 2 is 1.89 bits per heavy atom. The molecule has 0 aromatic carbocycles. The second kappa shape index (κ2) is 7.28. The van der Waals surface area contributed by atoms with Crippen molar-refractivity contribution >= 4 is 11.9 Å². The number of nitrogens with zero attached hydrogens (tertiary/aromatic N) is 1. The topological polar surface area (TPSA) is 72.6 Å². The fourth-order valence-electron chi connectivity index (χ4n) is 1.27. The van der Waals surface area contributed by atoms with Crippen LogP contribution in [0.25, 0.3) is 0 Å². The molecule has 0 aliphatic rings. The molecule has 110 valence electrons. The molecule has 5 heteroatoms. The van der Waals surface area contributed by atoms with Gasteiger partial charge in [-0.1, -0.05) is 26.8 Å². The lowest BCUT2D eigenvalue weighted by Crippen LogP contribution is -2.47. The lowest BCUT2D eigenvalue weighted by atomic mass is 9.86. The van der Waals surface area contributed by atoms with E-state index < -0.39 is 6.04 Å². The third kappa shape index (κ3) is 5.87. The zero-order valence-corrected chi connectivity index (χ0v) is 12.8. The smallest absolute Gasteiger partial charge is 0.312 e. The molecule has 0 bridgehead atoms. The Morgan fingerprint density at radius 1 is 1.37 bits per heavy atom. The number of nitrogens with two attached hydrogens (primary N) is 1. The monoisotopic (exact) mass is 270 g/mol. The van der Waals surface area contributed by atoms with E-state index in [0.717, 1.165) is 0 Å². The van der Waals surface area contributed by atoms with Gasteiger partial charge in [0.25, 0.3) is 0 Å². The first kappa shape index (κ1) is 17.6. The zero-order chi connectivity index (χ0) is 15.2. The normalized spacial score (nSPS) is 15.1. The molecule has 0 saturated carbocycles. The minimum atomic E-state index is -0.583. The molecular formula is C14H26N2O3. The van der Waals surface area contributed by atoms with Crippen molar-refractivity contribution in [1.82, 2.24) is 4.90 Å². The maximum absolute atomic E-state index is 12.0. The first-order chi connectivity index (χ1) is 8.61. The van der Waals surface area contributed by atoms with Crippen molar-refractivity contribution in [3.05, 3.63) is 12.3 Å². The predicted octanol–water partition coefficient (Wildman–Crippen LogP) is 1.53. The minimum absolute atomic E-state index is 0.181. The van der Waals surface area contributed by atoms with Gasteiger partial charge in [0.1, 0.15) is 0 Å². The van der Waals surface area contributed by atoms with Gasteiger partial charge in [0.05, 0.1) is 18.6 Å². The number of carbonyl (C=O) groups is 2. The third-order valence-electron chi connectivity index (χ3n) is 2.80. The minimum Gasteiger partial charge on any atom is -0.466 e. The average molecular weight is 270 g/mol. The van der Waals surface area contributed by atoms with Crippen LogP contribution in [-0.2, 0) is 14.3 Å². The van der Waals surface area contributed by atoms with Crippen molar-refractivity contribution < 1.29 is 14.3 Å². The number of hydrogen-bond donors (Lipinski definition) is 1. The summed E-state index contributed by atoms with van der Waals surface area (Å²) in [6.45, 7) is 9.56. The van der Waals surface area contributed by atoms with Gasteiger partial charge in [-0.3, -0.25) is 9.59 Å². The standard InChI is InChI=1S/C14H26N2O3/c1-7-19-13(18)10(2)8-9-16(6)12(17)11(15)14(3,4)5/h8-11H,7,15H2,1-6H3/b9-8+. The van der Waals surface area contributed by atoms with Gasteiger partial charge in [-0.25, -0.2) is 0 Å². The van der Waals surface area contributed by atoms with E-state index in [9.17, 15) is 9.59 Å². The highest BCUT2D eigenvalue weighted by atomic mass is 16.5. The van der Waals surface area contributed by atoms with Crippen LogP contribution < -0.4 is 5.73 Å². The van der Waals surface area contributed by atoms with E-state index >= 15 is 0 Å². The van der Waals surface area contributed by atoms with Crippen LogP contribution in [0, 0.1) is 11.3 Å². The molecule has 1 amide bonds. The van der Waals surface area contributed by atoms with Gasteiger partial charge in [-0.15, -0.1) is 0 Å². The number of amides is 1. The maximum Gasteiger partial charge on any atom is 0.312 e. The first-order valence-corrected chi connectivity index (χ1v) is 6.48. The highest BCUT2D eigenvalue weighted by Gasteiger charge is 2.29. The quantitative estimate of drug-likeness (QED) is 0.769. The SMILES string of the molecule is CCOC(=O)C(C)/C=C/N(C)C(=O)C(N)C(C)(C)C. The van der Waals surface area contributed by atoms with Crippen molar-refractivity contribution in [2.45, 2.75) is 40.7 Å². The molecule has 0 rings (SSSR count). The van der Waals surface area contributed by atoms with Crippen LogP contribution in [0.15, 0.2) is 12.3 Å². The van der Waals surface area contributed by atoms with Crippen LogP contribution in [0.1, 0.15) is 34.6 Å². The van der Waals surface area contributed by atoms with E-state index in [1.54, 1.807) is 33.2 Å². The summed E-state index contributed by atoms with van der Waals surface area (Å²) in [6, 6.07) is -0.583. The van der Waals surface area contributed by atoms with E-state index in [0.29, 0.717) is 6.61 Å². The van der Waals surface area contributed by atoms with E-state index in [1.165, 1.54) is 4.90 Å². The zero-order valence-electron chi connectivity index (χ0n) is 12.8. The number of rotatable bonds is 5. The van der Waals surface area contributed by atoms with Gasteiger partial charge >= 0.3 is 5.97 Å². The number of esters is 1. The molecule has 0 aliphatic carbocycles. The Kier molecular flexibility index (Phi) is 6.76. The molecular weight excluding hydrogens is 244 g/mol. The summed E-state index contributed by atoms with van der Waals surface area (Å²) in [5.74, 6) is -0.874. The van der Waals surface area contributed by atoms with Crippen LogP contribution in [-0.4, -0.2) is 36.5 Å². The van der Waals surface area contributed by atoms with Gasteiger partial charge in [-0.05, 0) is 19.3 Å². The molecule has 0 fully saturated rings. The summed E-state index contributed by atoms with van der Waals surface area (Å²) in [5, 5.41) is 0. The molecule has 0 radical (unpaired) electrons. The Morgan fingerprint density at radius 3 is 2.32 bits per heavy atom. The molecule has 0 heterocycles. The molecule has 0 aliphatic heterocycles. The van der Waals surface area contributed by atoms with Gasteiger partial charge < -0.3 is 15.4 Å². The molecule has 0 spiro atoms. The second-order valence-electron chi connectivity index (χ2n) is 5.68. The molecule has 2 unspecified atom stereocenters. The second-order valence-corrected chi connectivity index (χ2v) is 5.68. The highest BCUT2D eigenvalue weighted by Crippen LogP contribution is 2.18. The third-order valence-corrected chi connectivity index (χ3v) is 2.80. The summed E-state index contributed by atoms with van der Waals surface area (Å²) in [6.07, 6.45) is 3.20. The Hall–Kier alpha value is -1.36. The predicted molar refractivity (Wildman–Crippen MR) is 75.1 cm³/mol. The number of likely N-dealkylation sites (N-methyl/N-ethyl adjacent to an activating group) is 1. The van der Waals surface area contributed by atoms with E-state index in [2.05, 4.69) is 0 Å². The van der Waals surface area contributed by atoms with Crippen molar-refractivity contribution in [3.8, 4) is 0 Å². The largest absolute Gasteiger partial charge is 0.466 e. The highest BCUT2D eigenvalue weighted by molar-refractivity contribution is 5.83. The lowest BCUT2D eigenvalue weighted by molar-refractivity contribution is -0.145. The fraction of sp³-hybridized carbons (Fsp3) is 0.714. The van der Waals surface area contributed by atoms with Crippen molar-refractivity contribution in [2.75, 3.05) is 13.7 Å². The van der Waals surface area contributed by atoms with Gasteiger partial charge in [0.2, 0.25) is 5.91 Å². The Bertz CT molecular complexity index is 345. The summed E-state index contributed by atoms with van der Waals surface area (Å²) >= 11 is 0. The Balaban J connectivity index is 4.56. The van der Waals surface area contributed by atoms with Crippen molar-refractivity contribution in [1.29, 1.82) is 0 Å². The number of ether oxygens (including phenoxy) is 1. The first-order valence-electron chi connectivity index (χ1n) is 6.48. The van der Waals surface area contributed by atoms with Crippen molar-refractivity contribution in [3.63, 3.8) is 0 Å². The van der Waals surface area contributed by atoms with Gasteiger partial charge in [0.15, 0.2) is 0 Å². The fourth-order valence-corrected chi connectivity index (χ4v) is 1.27. The van der Waals surface area contributed by atoms with Crippen LogP contribution in [0.5, 0.6) is 0 Å². The maximum atomic E-state index is 12.0. The summed E-state index contributed by atoms with van der Waals surface area (Å²) in [4.78, 5) is 24.9. The van der Waals surface area contributed by atoms with Gasteiger partial charge in [-0.2, -0.15) is 0 Å².